The summed E-state index contributed by atoms with van der Waals surface area (Å²) in [4.78, 5) is 1.33. The molecule has 0 atom stereocenters. The predicted molar refractivity (Wildman–Crippen MR) is 80.4 cm³/mol. The Morgan fingerprint density at radius 3 is 2.89 bits per heavy atom. The van der Waals surface area contributed by atoms with Gasteiger partial charge >= 0.3 is 0 Å². The van der Waals surface area contributed by atoms with Gasteiger partial charge in [-0.25, -0.2) is 0 Å². The van der Waals surface area contributed by atoms with E-state index in [-0.39, 0.29) is 0 Å². The van der Waals surface area contributed by atoms with Crippen LogP contribution in [0.15, 0.2) is 40.2 Å². The number of nitrogens with one attached hydrogen (secondary N) is 1. The zero-order chi connectivity index (χ0) is 12.8. The predicted octanol–water partition coefficient (Wildman–Crippen LogP) is 3.99. The van der Waals surface area contributed by atoms with Crippen LogP contribution < -0.4 is 10.1 Å². The van der Waals surface area contributed by atoms with Gasteiger partial charge in [-0.2, -0.15) is 0 Å². The van der Waals surface area contributed by atoms with Crippen LogP contribution in [0, 0.1) is 6.92 Å². The molecule has 0 aliphatic rings. The van der Waals surface area contributed by atoms with Gasteiger partial charge in [0.1, 0.15) is 12.4 Å². The Kier molecular flexibility index (Phi) is 5.23. The summed E-state index contributed by atoms with van der Waals surface area (Å²) in [6, 6.07) is 12.3. The highest BCUT2D eigenvalue weighted by molar-refractivity contribution is 9.11. The minimum Gasteiger partial charge on any atom is -0.492 e. The maximum atomic E-state index is 5.66. The van der Waals surface area contributed by atoms with Gasteiger partial charge in [-0.15, -0.1) is 11.3 Å². The van der Waals surface area contributed by atoms with Crippen LogP contribution >= 0.6 is 27.3 Å². The summed E-state index contributed by atoms with van der Waals surface area (Å²) in [6.45, 7) is 4.51. The van der Waals surface area contributed by atoms with E-state index in [2.05, 4.69) is 52.4 Å². The lowest BCUT2D eigenvalue weighted by atomic mass is 10.2. The molecule has 1 aromatic heterocycles. The molecule has 1 N–H and O–H groups in total. The Balaban J connectivity index is 1.64. The van der Waals surface area contributed by atoms with Crippen LogP contribution in [0.25, 0.3) is 0 Å². The first kappa shape index (κ1) is 13.6. The van der Waals surface area contributed by atoms with Crippen LogP contribution in [-0.2, 0) is 6.54 Å². The molecule has 0 unspecified atom stereocenters. The zero-order valence-corrected chi connectivity index (χ0v) is 12.7. The van der Waals surface area contributed by atoms with Crippen LogP contribution in [0.1, 0.15) is 10.4 Å². The van der Waals surface area contributed by atoms with Crippen molar-refractivity contribution in [3.63, 3.8) is 0 Å². The minimum absolute atomic E-state index is 0.690. The number of thiophene rings is 1. The van der Waals surface area contributed by atoms with Gasteiger partial charge < -0.3 is 10.1 Å². The number of hydrogen-bond acceptors (Lipinski definition) is 3. The molecule has 0 aliphatic carbocycles. The van der Waals surface area contributed by atoms with Gasteiger partial charge in [0.05, 0.1) is 3.79 Å². The van der Waals surface area contributed by atoms with Crippen molar-refractivity contribution < 1.29 is 4.74 Å². The average Bonchev–Trinajstić information content (AvgIpc) is 2.75. The van der Waals surface area contributed by atoms with Crippen molar-refractivity contribution >= 4 is 27.3 Å². The highest BCUT2D eigenvalue weighted by Gasteiger charge is 1.97. The molecule has 0 saturated heterocycles. The van der Waals surface area contributed by atoms with E-state index in [1.54, 1.807) is 11.3 Å². The summed E-state index contributed by atoms with van der Waals surface area (Å²) in [7, 11) is 0. The van der Waals surface area contributed by atoms with Crippen molar-refractivity contribution in [2.75, 3.05) is 13.2 Å². The van der Waals surface area contributed by atoms with E-state index in [0.717, 1.165) is 18.8 Å². The summed E-state index contributed by atoms with van der Waals surface area (Å²) in [5.74, 6) is 0.940. The molecule has 96 valence electrons. The molecule has 0 spiro atoms. The van der Waals surface area contributed by atoms with Crippen molar-refractivity contribution in [3.8, 4) is 5.75 Å². The van der Waals surface area contributed by atoms with E-state index in [1.807, 2.05) is 12.1 Å². The largest absolute Gasteiger partial charge is 0.492 e. The first-order valence-electron chi connectivity index (χ1n) is 5.88. The third-order valence-electron chi connectivity index (χ3n) is 2.47. The molecule has 0 aliphatic heterocycles. The summed E-state index contributed by atoms with van der Waals surface area (Å²) in [5.41, 5.74) is 1.23. The fourth-order valence-electron chi connectivity index (χ4n) is 1.60. The lowest BCUT2D eigenvalue weighted by molar-refractivity contribution is 0.313. The quantitative estimate of drug-likeness (QED) is 0.811. The summed E-state index contributed by atoms with van der Waals surface area (Å²) in [5, 5.41) is 3.36. The maximum absolute atomic E-state index is 5.66. The van der Waals surface area contributed by atoms with E-state index in [9.17, 15) is 0 Å². The second kappa shape index (κ2) is 6.92. The van der Waals surface area contributed by atoms with Gasteiger partial charge in [0.15, 0.2) is 0 Å². The van der Waals surface area contributed by atoms with Gasteiger partial charge in [-0.1, -0.05) is 12.1 Å². The Morgan fingerprint density at radius 1 is 1.28 bits per heavy atom. The van der Waals surface area contributed by atoms with Gasteiger partial charge in [0.2, 0.25) is 0 Å². The Morgan fingerprint density at radius 2 is 2.17 bits per heavy atom. The number of rotatable bonds is 6. The molecule has 0 radical (unpaired) electrons. The molecule has 1 heterocycles. The van der Waals surface area contributed by atoms with Gasteiger partial charge in [-0.05, 0) is 52.7 Å². The molecule has 2 nitrogen and oxygen atoms in total. The minimum atomic E-state index is 0.690. The average molecular weight is 326 g/mol. The summed E-state index contributed by atoms with van der Waals surface area (Å²) in [6.07, 6.45) is 0. The van der Waals surface area contributed by atoms with Crippen LogP contribution in [0.2, 0.25) is 0 Å². The van der Waals surface area contributed by atoms with E-state index >= 15 is 0 Å². The van der Waals surface area contributed by atoms with E-state index in [1.165, 1.54) is 14.2 Å². The van der Waals surface area contributed by atoms with Gasteiger partial charge in [0, 0.05) is 18.0 Å². The second-order valence-electron chi connectivity index (χ2n) is 4.05. The molecule has 2 rings (SSSR count). The normalized spacial score (nSPS) is 10.6. The SMILES string of the molecule is Cc1cccc(OCCNCc2ccc(Br)s2)c1. The third kappa shape index (κ3) is 4.44. The molecule has 0 bridgehead atoms. The topological polar surface area (TPSA) is 21.3 Å². The van der Waals surface area contributed by atoms with Crippen LogP contribution in [0.5, 0.6) is 5.75 Å². The molecule has 1 aromatic carbocycles. The number of benzene rings is 1. The number of ether oxygens (including phenoxy) is 1. The number of aryl methyl sites for hydroxylation is 1. The zero-order valence-electron chi connectivity index (χ0n) is 10.3. The van der Waals surface area contributed by atoms with Crippen LogP contribution in [0.3, 0.4) is 0 Å². The smallest absolute Gasteiger partial charge is 0.119 e. The van der Waals surface area contributed by atoms with E-state index in [4.69, 9.17) is 4.74 Å². The summed E-state index contributed by atoms with van der Waals surface area (Å²) >= 11 is 5.22. The highest BCUT2D eigenvalue weighted by Crippen LogP contribution is 2.21. The first-order valence-corrected chi connectivity index (χ1v) is 7.49. The van der Waals surface area contributed by atoms with E-state index in [0.29, 0.717) is 6.61 Å². The van der Waals surface area contributed by atoms with Crippen molar-refractivity contribution in [1.82, 2.24) is 5.32 Å². The molecule has 2 aromatic rings. The molecular formula is C14H16BrNOS. The van der Waals surface area contributed by atoms with E-state index < -0.39 is 0 Å². The lowest BCUT2D eigenvalue weighted by Crippen LogP contribution is -2.20. The molecule has 4 heteroatoms. The fraction of sp³-hybridized carbons (Fsp3) is 0.286. The molecule has 18 heavy (non-hydrogen) atoms. The Labute approximate surface area is 120 Å². The van der Waals surface area contributed by atoms with Crippen molar-refractivity contribution in [1.29, 1.82) is 0 Å². The third-order valence-corrected chi connectivity index (χ3v) is 4.09. The van der Waals surface area contributed by atoms with Crippen molar-refractivity contribution in [2.24, 2.45) is 0 Å². The Hall–Kier alpha value is -0.840. The molecule has 0 saturated carbocycles. The number of hydrogen-bond donors (Lipinski definition) is 1. The molecule has 0 amide bonds. The summed E-state index contributed by atoms with van der Waals surface area (Å²) < 4.78 is 6.84. The first-order chi connectivity index (χ1) is 8.74. The lowest BCUT2D eigenvalue weighted by Gasteiger charge is -2.07. The maximum Gasteiger partial charge on any atom is 0.119 e. The Bertz CT molecular complexity index is 498. The van der Waals surface area contributed by atoms with Gasteiger partial charge in [-0.3, -0.25) is 0 Å². The molecular weight excluding hydrogens is 310 g/mol. The number of halogens is 1. The van der Waals surface area contributed by atoms with Crippen molar-refractivity contribution in [2.45, 2.75) is 13.5 Å². The van der Waals surface area contributed by atoms with Gasteiger partial charge in [0.25, 0.3) is 0 Å². The standard InChI is InChI=1S/C14H16BrNOS/c1-11-3-2-4-12(9-11)17-8-7-16-10-13-5-6-14(15)18-13/h2-6,9,16H,7-8,10H2,1H3. The fourth-order valence-corrected chi connectivity index (χ4v) is 3.06. The van der Waals surface area contributed by atoms with Crippen LogP contribution in [-0.4, -0.2) is 13.2 Å². The molecule has 0 fully saturated rings. The highest BCUT2D eigenvalue weighted by atomic mass is 79.9. The van der Waals surface area contributed by atoms with Crippen molar-refractivity contribution in [3.05, 3.63) is 50.6 Å². The van der Waals surface area contributed by atoms with Crippen LogP contribution in [0.4, 0.5) is 0 Å². The monoisotopic (exact) mass is 325 g/mol. The second-order valence-corrected chi connectivity index (χ2v) is 6.60.